The fraction of sp³-hybridized carbons (Fsp3) is 0.353. The first-order valence-corrected chi connectivity index (χ1v) is 8.11. The maximum Gasteiger partial charge on any atom is 0.331 e. The van der Waals surface area contributed by atoms with Gasteiger partial charge in [-0.1, -0.05) is 0 Å². The highest BCUT2D eigenvalue weighted by Crippen LogP contribution is 2.13. The van der Waals surface area contributed by atoms with Gasteiger partial charge >= 0.3 is 17.9 Å². The second-order valence-corrected chi connectivity index (χ2v) is 5.57. The Balaban J connectivity index is 2.35. The molecular weight excluding hydrogens is 356 g/mol. The van der Waals surface area contributed by atoms with Crippen molar-refractivity contribution in [3.8, 4) is 5.75 Å². The quantitative estimate of drug-likeness (QED) is 0.0909. The Bertz CT molecular complexity index is 689. The lowest BCUT2D eigenvalue weighted by atomic mass is 10.1. The Morgan fingerprint density at radius 1 is 1.07 bits per heavy atom. The van der Waals surface area contributed by atoms with Gasteiger partial charge in [-0.2, -0.15) is 5.10 Å². The van der Waals surface area contributed by atoms with Gasteiger partial charge in [0.2, 0.25) is 0 Å². The standard InChI is InChI=1S/C17H22N4O6/c18-13(2-1-3-15(23)27-17(25)14(19)8-9-22)16(24)26-12-6-4-11(5-7-12)10-21-20/h4-7,9-10,13-14H,1-3,8,18-20H2. The predicted octanol–water partition coefficient (Wildman–Crippen LogP) is -0.632. The van der Waals surface area contributed by atoms with Crippen LogP contribution in [0.4, 0.5) is 0 Å². The molecule has 0 amide bonds. The van der Waals surface area contributed by atoms with Crippen LogP contribution in [-0.2, 0) is 23.9 Å². The van der Waals surface area contributed by atoms with Gasteiger partial charge in [0.05, 0.1) is 6.21 Å². The molecule has 0 saturated carbocycles. The number of carbonyl (C=O) groups excluding carboxylic acids is 4. The van der Waals surface area contributed by atoms with E-state index in [-0.39, 0.29) is 25.7 Å². The lowest BCUT2D eigenvalue weighted by Gasteiger charge is -2.11. The minimum atomic E-state index is -1.17. The molecule has 2 unspecified atom stereocenters. The third-order valence-electron chi connectivity index (χ3n) is 3.39. The summed E-state index contributed by atoms with van der Waals surface area (Å²) in [6.45, 7) is 0. The van der Waals surface area contributed by atoms with E-state index in [0.29, 0.717) is 12.0 Å². The zero-order valence-corrected chi connectivity index (χ0v) is 14.6. The van der Waals surface area contributed by atoms with E-state index < -0.39 is 30.0 Å². The molecule has 0 aliphatic rings. The molecule has 0 bridgehead atoms. The number of rotatable bonds is 10. The van der Waals surface area contributed by atoms with Crippen molar-refractivity contribution < 1.29 is 28.7 Å². The third kappa shape index (κ3) is 8.21. The molecule has 10 heteroatoms. The van der Waals surface area contributed by atoms with Crippen molar-refractivity contribution in [2.75, 3.05) is 0 Å². The van der Waals surface area contributed by atoms with Gasteiger partial charge in [0.25, 0.3) is 0 Å². The van der Waals surface area contributed by atoms with Gasteiger partial charge in [-0.3, -0.25) is 4.79 Å². The zero-order valence-electron chi connectivity index (χ0n) is 14.6. The topological polar surface area (TPSA) is 177 Å². The molecule has 0 radical (unpaired) electrons. The van der Waals surface area contributed by atoms with Crippen molar-refractivity contribution in [2.24, 2.45) is 22.4 Å². The molecule has 6 N–H and O–H groups in total. The second-order valence-electron chi connectivity index (χ2n) is 5.57. The van der Waals surface area contributed by atoms with E-state index in [0.717, 1.165) is 5.56 Å². The van der Waals surface area contributed by atoms with Crippen LogP contribution < -0.4 is 22.0 Å². The normalized spacial score (nSPS) is 13.0. The Kier molecular flexibility index (Phi) is 9.34. The van der Waals surface area contributed by atoms with Gasteiger partial charge in [0, 0.05) is 12.8 Å². The van der Waals surface area contributed by atoms with Gasteiger partial charge in [0.15, 0.2) is 0 Å². The molecular formula is C17H22N4O6. The van der Waals surface area contributed by atoms with Crippen molar-refractivity contribution in [3.05, 3.63) is 29.8 Å². The molecule has 1 aromatic rings. The number of nitrogens with two attached hydrogens (primary N) is 3. The molecule has 0 aromatic heterocycles. The molecule has 0 heterocycles. The van der Waals surface area contributed by atoms with Gasteiger partial charge in [-0.25, -0.2) is 9.59 Å². The summed E-state index contributed by atoms with van der Waals surface area (Å²) in [5.74, 6) is 2.90. The summed E-state index contributed by atoms with van der Waals surface area (Å²) in [6.07, 6.45) is 1.89. The summed E-state index contributed by atoms with van der Waals surface area (Å²) in [4.78, 5) is 45.1. The highest BCUT2D eigenvalue weighted by Gasteiger charge is 2.20. The molecule has 146 valence electrons. The number of hydrogen-bond donors (Lipinski definition) is 3. The number of benzene rings is 1. The van der Waals surface area contributed by atoms with Gasteiger partial charge in [-0.15, -0.1) is 0 Å². The number of carbonyl (C=O) groups is 4. The molecule has 0 saturated heterocycles. The minimum absolute atomic E-state index is 0.131. The molecule has 27 heavy (non-hydrogen) atoms. The van der Waals surface area contributed by atoms with E-state index in [1.165, 1.54) is 6.21 Å². The largest absolute Gasteiger partial charge is 0.425 e. The maximum atomic E-state index is 11.9. The minimum Gasteiger partial charge on any atom is -0.425 e. The number of aldehydes is 1. The summed E-state index contributed by atoms with van der Waals surface area (Å²) in [5.41, 5.74) is 11.8. The van der Waals surface area contributed by atoms with Crippen LogP contribution in [0.1, 0.15) is 31.2 Å². The van der Waals surface area contributed by atoms with Crippen LogP contribution in [0, 0.1) is 0 Å². The monoisotopic (exact) mass is 378 g/mol. The molecule has 0 fully saturated rings. The lowest BCUT2D eigenvalue weighted by Crippen LogP contribution is -2.35. The Morgan fingerprint density at radius 3 is 2.33 bits per heavy atom. The summed E-state index contributed by atoms with van der Waals surface area (Å²) in [5, 5.41) is 3.38. The first-order valence-electron chi connectivity index (χ1n) is 8.11. The molecule has 10 nitrogen and oxygen atoms in total. The third-order valence-corrected chi connectivity index (χ3v) is 3.39. The molecule has 0 aliphatic heterocycles. The van der Waals surface area contributed by atoms with Crippen LogP contribution in [0.15, 0.2) is 29.4 Å². The fourth-order valence-electron chi connectivity index (χ4n) is 1.92. The molecule has 1 aromatic carbocycles. The number of nitrogens with zero attached hydrogens (tertiary/aromatic N) is 1. The Labute approximate surface area is 155 Å². The number of hydrogen-bond acceptors (Lipinski definition) is 10. The van der Waals surface area contributed by atoms with Crippen molar-refractivity contribution in [1.82, 2.24) is 0 Å². The van der Waals surface area contributed by atoms with Crippen LogP contribution in [0.25, 0.3) is 0 Å². The van der Waals surface area contributed by atoms with Gasteiger partial charge in [-0.05, 0) is 42.7 Å². The van der Waals surface area contributed by atoms with Crippen LogP contribution in [0.5, 0.6) is 5.75 Å². The van der Waals surface area contributed by atoms with E-state index in [1.54, 1.807) is 24.3 Å². The predicted molar refractivity (Wildman–Crippen MR) is 95.4 cm³/mol. The molecule has 0 aliphatic carbocycles. The van der Waals surface area contributed by atoms with Crippen molar-refractivity contribution in [3.63, 3.8) is 0 Å². The second kappa shape index (κ2) is 11.5. The number of ether oxygens (including phenoxy) is 2. The summed E-state index contributed by atoms with van der Waals surface area (Å²) in [7, 11) is 0. The number of hydrazone groups is 1. The zero-order chi connectivity index (χ0) is 20.2. The van der Waals surface area contributed by atoms with E-state index in [1.807, 2.05) is 0 Å². The van der Waals surface area contributed by atoms with E-state index in [2.05, 4.69) is 9.84 Å². The first kappa shape index (κ1) is 21.9. The van der Waals surface area contributed by atoms with Crippen LogP contribution in [0.2, 0.25) is 0 Å². The van der Waals surface area contributed by atoms with Gasteiger partial charge < -0.3 is 31.6 Å². The molecule has 1 rings (SSSR count). The Hall–Kier alpha value is -3.11. The van der Waals surface area contributed by atoms with Crippen LogP contribution >= 0.6 is 0 Å². The molecule has 2 atom stereocenters. The highest BCUT2D eigenvalue weighted by atomic mass is 16.6. The smallest absolute Gasteiger partial charge is 0.331 e. The van der Waals surface area contributed by atoms with Crippen LogP contribution in [-0.4, -0.2) is 42.5 Å². The average molecular weight is 378 g/mol. The highest BCUT2D eigenvalue weighted by molar-refractivity contribution is 5.89. The summed E-state index contributed by atoms with van der Waals surface area (Å²) >= 11 is 0. The van der Waals surface area contributed by atoms with E-state index >= 15 is 0 Å². The van der Waals surface area contributed by atoms with Gasteiger partial charge in [0.1, 0.15) is 24.1 Å². The first-order chi connectivity index (χ1) is 12.9. The van der Waals surface area contributed by atoms with Crippen molar-refractivity contribution in [2.45, 2.75) is 37.8 Å². The SMILES string of the molecule is NN=Cc1ccc(OC(=O)C(N)CCCC(=O)OC(=O)C(N)CC=O)cc1. The van der Waals surface area contributed by atoms with E-state index in [9.17, 15) is 19.2 Å². The number of esters is 3. The Morgan fingerprint density at radius 2 is 1.74 bits per heavy atom. The van der Waals surface area contributed by atoms with Crippen molar-refractivity contribution >= 4 is 30.4 Å². The maximum absolute atomic E-state index is 11.9. The average Bonchev–Trinajstić information content (AvgIpc) is 2.63. The van der Waals surface area contributed by atoms with Crippen LogP contribution in [0.3, 0.4) is 0 Å². The molecule has 0 spiro atoms. The summed E-state index contributed by atoms with van der Waals surface area (Å²) < 4.78 is 9.63. The van der Waals surface area contributed by atoms with E-state index in [4.69, 9.17) is 22.0 Å². The summed E-state index contributed by atoms with van der Waals surface area (Å²) in [6, 6.07) is 4.32. The van der Waals surface area contributed by atoms with Crippen molar-refractivity contribution in [1.29, 1.82) is 0 Å². The fourth-order valence-corrected chi connectivity index (χ4v) is 1.92. The lowest BCUT2D eigenvalue weighted by molar-refractivity contribution is -0.161.